The molecule has 3 aromatic rings. The first kappa shape index (κ1) is 11.3. The van der Waals surface area contributed by atoms with E-state index in [4.69, 9.17) is 0 Å². The zero-order valence-electron chi connectivity index (χ0n) is 10.9. The lowest BCUT2D eigenvalue weighted by atomic mass is 10.2. The summed E-state index contributed by atoms with van der Waals surface area (Å²) in [5.74, 6) is 0.927. The minimum Gasteiger partial charge on any atom is -0.348 e. The van der Waals surface area contributed by atoms with E-state index in [1.165, 1.54) is 23.0 Å². The molecule has 100 valence electrons. The van der Waals surface area contributed by atoms with Gasteiger partial charge in [0.25, 0.3) is 0 Å². The summed E-state index contributed by atoms with van der Waals surface area (Å²) >= 11 is 0. The Morgan fingerprint density at radius 3 is 2.75 bits per heavy atom. The zero-order chi connectivity index (χ0) is 13.4. The van der Waals surface area contributed by atoms with E-state index >= 15 is 0 Å². The minimum atomic E-state index is 0.580. The van der Waals surface area contributed by atoms with Gasteiger partial charge in [-0.2, -0.15) is 0 Å². The van der Waals surface area contributed by atoms with Crippen LogP contribution in [0.4, 0.5) is 5.82 Å². The Kier molecular flexibility index (Phi) is 2.58. The van der Waals surface area contributed by atoms with Crippen molar-refractivity contribution in [3.05, 3.63) is 48.0 Å². The van der Waals surface area contributed by atoms with Crippen molar-refractivity contribution in [1.82, 2.24) is 25.3 Å². The summed E-state index contributed by atoms with van der Waals surface area (Å²) in [6, 6.07) is 14.9. The van der Waals surface area contributed by atoms with E-state index in [2.05, 4.69) is 49.8 Å². The van der Waals surface area contributed by atoms with Crippen LogP contribution in [0.15, 0.2) is 42.5 Å². The van der Waals surface area contributed by atoms with E-state index in [1.54, 1.807) is 0 Å². The van der Waals surface area contributed by atoms with Gasteiger partial charge in [0, 0.05) is 12.6 Å². The Morgan fingerprint density at radius 1 is 1.10 bits per heavy atom. The fourth-order valence-corrected chi connectivity index (χ4v) is 2.36. The van der Waals surface area contributed by atoms with Crippen molar-refractivity contribution >= 4 is 11.5 Å². The predicted octanol–water partition coefficient (Wildman–Crippen LogP) is 1.69. The van der Waals surface area contributed by atoms with Gasteiger partial charge in [-0.1, -0.05) is 30.3 Å². The van der Waals surface area contributed by atoms with Crippen LogP contribution in [-0.2, 0) is 6.54 Å². The number of aromatic nitrogens is 5. The van der Waals surface area contributed by atoms with E-state index in [9.17, 15) is 0 Å². The molecule has 0 spiro atoms. The molecule has 6 heteroatoms. The average molecular weight is 266 g/mol. The smallest absolute Gasteiger partial charge is 0.200 e. The van der Waals surface area contributed by atoms with Crippen molar-refractivity contribution in [2.24, 2.45) is 0 Å². The van der Waals surface area contributed by atoms with Crippen molar-refractivity contribution in [1.29, 1.82) is 0 Å². The molecule has 0 aliphatic heterocycles. The normalized spacial score (nSPS) is 14.6. The third kappa shape index (κ3) is 2.09. The SMILES string of the molecule is c1ccc(CN(c2ccc3nnnn3n2)C2CC2)cc1. The van der Waals surface area contributed by atoms with Crippen molar-refractivity contribution < 1.29 is 0 Å². The van der Waals surface area contributed by atoms with Crippen LogP contribution in [0.1, 0.15) is 18.4 Å². The molecule has 0 radical (unpaired) electrons. The second-order valence-electron chi connectivity index (χ2n) is 5.06. The third-order valence-corrected chi connectivity index (χ3v) is 3.53. The Bertz CT molecular complexity index is 719. The largest absolute Gasteiger partial charge is 0.348 e. The van der Waals surface area contributed by atoms with Crippen LogP contribution in [0.3, 0.4) is 0 Å². The standard InChI is InChI=1S/C14H14N6/c1-2-4-11(5-3-1)10-19(12-6-7-12)14-9-8-13-15-17-18-20(13)16-14/h1-5,8-9,12H,6-7,10H2. The molecule has 20 heavy (non-hydrogen) atoms. The molecule has 1 saturated carbocycles. The van der Waals surface area contributed by atoms with Crippen LogP contribution in [0.2, 0.25) is 0 Å². The van der Waals surface area contributed by atoms with Crippen molar-refractivity contribution in [2.75, 3.05) is 4.90 Å². The first-order valence-corrected chi connectivity index (χ1v) is 6.76. The topological polar surface area (TPSA) is 59.2 Å². The van der Waals surface area contributed by atoms with E-state index < -0.39 is 0 Å². The van der Waals surface area contributed by atoms with E-state index in [-0.39, 0.29) is 0 Å². The van der Waals surface area contributed by atoms with Gasteiger partial charge in [0.15, 0.2) is 11.5 Å². The third-order valence-electron chi connectivity index (χ3n) is 3.53. The van der Waals surface area contributed by atoms with E-state index in [0.717, 1.165) is 12.4 Å². The Hall–Kier alpha value is -2.50. The van der Waals surface area contributed by atoms with Crippen molar-refractivity contribution in [3.63, 3.8) is 0 Å². The number of rotatable bonds is 4. The highest BCUT2D eigenvalue weighted by Gasteiger charge is 2.30. The Balaban J connectivity index is 1.67. The molecule has 0 bridgehead atoms. The van der Waals surface area contributed by atoms with Crippen molar-refractivity contribution in [3.8, 4) is 0 Å². The maximum absolute atomic E-state index is 4.50. The number of anilines is 1. The first-order valence-electron chi connectivity index (χ1n) is 6.76. The summed E-state index contributed by atoms with van der Waals surface area (Å²) in [5, 5.41) is 15.9. The quantitative estimate of drug-likeness (QED) is 0.719. The highest BCUT2D eigenvalue weighted by atomic mass is 15.6. The van der Waals surface area contributed by atoms with Gasteiger partial charge in [-0.05, 0) is 41.0 Å². The summed E-state index contributed by atoms with van der Waals surface area (Å²) in [7, 11) is 0. The fraction of sp³-hybridized carbons (Fsp3) is 0.286. The molecule has 2 aromatic heterocycles. The van der Waals surface area contributed by atoms with Crippen LogP contribution in [-0.4, -0.2) is 31.3 Å². The van der Waals surface area contributed by atoms with Crippen LogP contribution in [0.5, 0.6) is 0 Å². The molecule has 4 rings (SSSR count). The second-order valence-corrected chi connectivity index (χ2v) is 5.06. The van der Waals surface area contributed by atoms with Crippen molar-refractivity contribution in [2.45, 2.75) is 25.4 Å². The fourth-order valence-electron chi connectivity index (χ4n) is 2.36. The lowest BCUT2D eigenvalue weighted by Crippen LogP contribution is -2.26. The summed E-state index contributed by atoms with van der Waals surface area (Å²) < 4.78 is 1.48. The average Bonchev–Trinajstić information content (AvgIpc) is 3.22. The molecule has 6 nitrogen and oxygen atoms in total. The molecule has 1 aromatic carbocycles. The number of nitrogens with zero attached hydrogens (tertiary/aromatic N) is 6. The van der Waals surface area contributed by atoms with E-state index in [0.29, 0.717) is 11.7 Å². The van der Waals surface area contributed by atoms with Crippen LogP contribution >= 0.6 is 0 Å². The molecular formula is C14H14N6. The minimum absolute atomic E-state index is 0.580. The molecule has 0 amide bonds. The molecule has 2 heterocycles. The maximum atomic E-state index is 4.50. The van der Waals surface area contributed by atoms with Crippen LogP contribution in [0.25, 0.3) is 5.65 Å². The molecule has 1 aliphatic rings. The lowest BCUT2D eigenvalue weighted by Gasteiger charge is -2.23. The molecule has 1 aliphatic carbocycles. The van der Waals surface area contributed by atoms with Gasteiger partial charge in [-0.15, -0.1) is 14.8 Å². The number of benzene rings is 1. The Labute approximate surface area is 116 Å². The lowest BCUT2D eigenvalue weighted by molar-refractivity contribution is 0.699. The summed E-state index contributed by atoms with van der Waals surface area (Å²) in [6.45, 7) is 0.867. The summed E-state index contributed by atoms with van der Waals surface area (Å²) in [4.78, 5) is 2.33. The van der Waals surface area contributed by atoms with Gasteiger partial charge in [0.2, 0.25) is 0 Å². The number of hydrogen-bond donors (Lipinski definition) is 0. The number of hydrogen-bond acceptors (Lipinski definition) is 5. The van der Waals surface area contributed by atoms with Crippen LogP contribution < -0.4 is 4.90 Å². The van der Waals surface area contributed by atoms with Gasteiger partial charge in [-0.25, -0.2) is 0 Å². The molecule has 0 N–H and O–H groups in total. The summed E-state index contributed by atoms with van der Waals surface area (Å²) in [6.07, 6.45) is 2.45. The molecular weight excluding hydrogens is 252 g/mol. The molecule has 0 atom stereocenters. The Morgan fingerprint density at radius 2 is 1.95 bits per heavy atom. The van der Waals surface area contributed by atoms with Gasteiger partial charge in [0.1, 0.15) is 0 Å². The highest BCUT2D eigenvalue weighted by Crippen LogP contribution is 2.31. The number of fused-ring (bicyclic) bond motifs is 1. The predicted molar refractivity (Wildman–Crippen MR) is 74.2 cm³/mol. The first-order chi connectivity index (χ1) is 9.90. The van der Waals surface area contributed by atoms with Crippen LogP contribution in [0, 0.1) is 0 Å². The van der Waals surface area contributed by atoms with Gasteiger partial charge in [0.05, 0.1) is 0 Å². The maximum Gasteiger partial charge on any atom is 0.200 e. The highest BCUT2D eigenvalue weighted by molar-refractivity contribution is 5.46. The zero-order valence-corrected chi connectivity index (χ0v) is 10.9. The molecule has 0 saturated heterocycles. The van der Waals surface area contributed by atoms with E-state index in [1.807, 2.05) is 18.2 Å². The molecule has 0 unspecified atom stereocenters. The molecule has 1 fully saturated rings. The monoisotopic (exact) mass is 266 g/mol. The number of tetrazole rings is 1. The summed E-state index contributed by atoms with van der Waals surface area (Å²) in [5.41, 5.74) is 1.96. The second kappa shape index (κ2) is 4.56. The van der Waals surface area contributed by atoms with Gasteiger partial charge < -0.3 is 4.90 Å². The van der Waals surface area contributed by atoms with Gasteiger partial charge in [-0.3, -0.25) is 0 Å². The van der Waals surface area contributed by atoms with Gasteiger partial charge >= 0.3 is 0 Å².